The van der Waals surface area contributed by atoms with Gasteiger partial charge >= 0.3 is 0 Å². The molecule has 1 aromatic rings. The summed E-state index contributed by atoms with van der Waals surface area (Å²) in [6, 6.07) is 7.50. The molecular formula is C13H18O4. The topological polar surface area (TPSA) is 47.9 Å². The lowest BCUT2D eigenvalue weighted by molar-refractivity contribution is -0.149. The fraction of sp³-hybridized carbons (Fsp3) is 0.538. The first kappa shape index (κ1) is 12.2. The molecule has 1 aliphatic rings. The van der Waals surface area contributed by atoms with Gasteiger partial charge in [-0.15, -0.1) is 0 Å². The van der Waals surface area contributed by atoms with Crippen LogP contribution in [0, 0.1) is 0 Å². The summed E-state index contributed by atoms with van der Waals surface area (Å²) in [5.74, 6) is 1.54. The Morgan fingerprint density at radius 1 is 1.35 bits per heavy atom. The molecule has 2 rings (SSSR count). The van der Waals surface area contributed by atoms with Gasteiger partial charge in [0.05, 0.1) is 12.7 Å². The highest BCUT2D eigenvalue weighted by molar-refractivity contribution is 5.33. The van der Waals surface area contributed by atoms with E-state index in [4.69, 9.17) is 14.2 Å². The molecule has 1 fully saturated rings. The first-order chi connectivity index (χ1) is 8.24. The van der Waals surface area contributed by atoms with Gasteiger partial charge in [0.25, 0.3) is 0 Å². The van der Waals surface area contributed by atoms with Crippen molar-refractivity contribution in [2.24, 2.45) is 0 Å². The predicted octanol–water partition coefficient (Wildman–Crippen LogP) is 1.61. The van der Waals surface area contributed by atoms with E-state index in [1.165, 1.54) is 0 Å². The summed E-state index contributed by atoms with van der Waals surface area (Å²) >= 11 is 0. The first-order valence-corrected chi connectivity index (χ1v) is 5.85. The minimum absolute atomic E-state index is 0.0770. The van der Waals surface area contributed by atoms with Crippen LogP contribution in [0.15, 0.2) is 24.3 Å². The zero-order chi connectivity index (χ0) is 12.3. The number of aliphatic hydroxyl groups excluding tert-OH is 1. The molecule has 0 heterocycles. The summed E-state index contributed by atoms with van der Waals surface area (Å²) in [5, 5.41) is 9.47. The van der Waals surface area contributed by atoms with E-state index in [-0.39, 0.29) is 12.2 Å². The maximum Gasteiger partial charge on any atom is 0.130 e. The molecule has 0 aromatic heterocycles. The van der Waals surface area contributed by atoms with E-state index in [9.17, 15) is 5.11 Å². The summed E-state index contributed by atoms with van der Waals surface area (Å²) in [4.78, 5) is 0. The molecule has 0 aliphatic heterocycles. The zero-order valence-corrected chi connectivity index (χ0v) is 10.1. The lowest BCUT2D eigenvalue weighted by atomic mass is 9.88. The largest absolute Gasteiger partial charge is 0.494 e. The highest BCUT2D eigenvalue weighted by Crippen LogP contribution is 2.29. The van der Waals surface area contributed by atoms with Gasteiger partial charge in [0.1, 0.15) is 23.7 Å². The van der Waals surface area contributed by atoms with Gasteiger partial charge in [-0.05, 0) is 19.1 Å². The van der Waals surface area contributed by atoms with Gasteiger partial charge in [0, 0.05) is 19.6 Å². The molecule has 3 atom stereocenters. The molecular weight excluding hydrogens is 220 g/mol. The van der Waals surface area contributed by atoms with Crippen LogP contribution in [-0.4, -0.2) is 37.1 Å². The molecule has 1 aliphatic carbocycles. The molecule has 94 valence electrons. The Morgan fingerprint density at radius 2 is 2.12 bits per heavy atom. The average Bonchev–Trinajstić information content (AvgIpc) is 2.30. The number of benzene rings is 1. The molecule has 1 N–H and O–H groups in total. The number of rotatable bonds is 5. The third-order valence-corrected chi connectivity index (χ3v) is 2.90. The van der Waals surface area contributed by atoms with E-state index >= 15 is 0 Å². The Kier molecular flexibility index (Phi) is 3.86. The summed E-state index contributed by atoms with van der Waals surface area (Å²) in [6.07, 6.45) is -0.116. The number of aliphatic hydroxyl groups is 1. The molecule has 0 saturated heterocycles. The van der Waals surface area contributed by atoms with Crippen molar-refractivity contribution in [3.8, 4) is 11.5 Å². The van der Waals surface area contributed by atoms with Crippen molar-refractivity contribution in [1.29, 1.82) is 0 Å². The van der Waals surface area contributed by atoms with Crippen molar-refractivity contribution in [2.45, 2.75) is 31.7 Å². The van der Waals surface area contributed by atoms with Crippen molar-refractivity contribution < 1.29 is 19.3 Å². The van der Waals surface area contributed by atoms with E-state index < -0.39 is 6.10 Å². The van der Waals surface area contributed by atoms with E-state index in [0.717, 1.165) is 11.5 Å². The van der Waals surface area contributed by atoms with Crippen molar-refractivity contribution >= 4 is 0 Å². The summed E-state index contributed by atoms with van der Waals surface area (Å²) in [7, 11) is 1.58. The van der Waals surface area contributed by atoms with Gasteiger partial charge in [-0.1, -0.05) is 6.07 Å². The predicted molar refractivity (Wildman–Crippen MR) is 63.4 cm³/mol. The van der Waals surface area contributed by atoms with Gasteiger partial charge in [0.2, 0.25) is 0 Å². The summed E-state index contributed by atoms with van der Waals surface area (Å²) < 4.78 is 16.3. The molecule has 17 heavy (non-hydrogen) atoms. The van der Waals surface area contributed by atoms with Crippen molar-refractivity contribution in [3.05, 3.63) is 24.3 Å². The molecule has 4 heteroatoms. The molecule has 0 amide bonds. The van der Waals surface area contributed by atoms with Crippen molar-refractivity contribution in [2.75, 3.05) is 13.7 Å². The van der Waals surface area contributed by atoms with Gasteiger partial charge in [-0.2, -0.15) is 0 Å². The Morgan fingerprint density at radius 3 is 2.76 bits per heavy atom. The second-order valence-electron chi connectivity index (χ2n) is 4.07. The van der Waals surface area contributed by atoms with Crippen molar-refractivity contribution in [1.82, 2.24) is 0 Å². The minimum atomic E-state index is -0.417. The van der Waals surface area contributed by atoms with Crippen LogP contribution in [-0.2, 0) is 4.74 Å². The third kappa shape index (κ3) is 2.70. The van der Waals surface area contributed by atoms with E-state index in [0.29, 0.717) is 13.0 Å². The van der Waals surface area contributed by atoms with Crippen LogP contribution in [0.3, 0.4) is 0 Å². The Balaban J connectivity index is 1.97. The first-order valence-electron chi connectivity index (χ1n) is 5.85. The number of ether oxygens (including phenoxy) is 3. The zero-order valence-electron chi connectivity index (χ0n) is 10.1. The number of hydrogen-bond donors (Lipinski definition) is 1. The standard InChI is InChI=1S/C13H18O4/c1-3-16-9-5-4-6-10(7-9)17-12-8-11(14)13(12)15-2/h4-7,11-14H,3,8H2,1-2H3. The van der Waals surface area contributed by atoms with Crippen LogP contribution in [0.2, 0.25) is 0 Å². The normalized spacial score (nSPS) is 27.4. The fourth-order valence-corrected chi connectivity index (χ4v) is 1.96. The van der Waals surface area contributed by atoms with E-state index in [1.807, 2.05) is 31.2 Å². The van der Waals surface area contributed by atoms with Gasteiger partial charge < -0.3 is 19.3 Å². The monoisotopic (exact) mass is 238 g/mol. The maximum atomic E-state index is 9.47. The number of hydrogen-bond acceptors (Lipinski definition) is 4. The van der Waals surface area contributed by atoms with Crippen LogP contribution < -0.4 is 9.47 Å². The molecule has 0 spiro atoms. The van der Waals surface area contributed by atoms with E-state index in [1.54, 1.807) is 7.11 Å². The van der Waals surface area contributed by atoms with Crippen LogP contribution >= 0.6 is 0 Å². The molecule has 3 unspecified atom stereocenters. The Hall–Kier alpha value is -1.26. The molecule has 1 saturated carbocycles. The molecule has 4 nitrogen and oxygen atoms in total. The van der Waals surface area contributed by atoms with Gasteiger partial charge in [-0.3, -0.25) is 0 Å². The smallest absolute Gasteiger partial charge is 0.130 e. The van der Waals surface area contributed by atoms with Gasteiger partial charge in [-0.25, -0.2) is 0 Å². The maximum absolute atomic E-state index is 9.47. The van der Waals surface area contributed by atoms with Crippen LogP contribution in [0.5, 0.6) is 11.5 Å². The second kappa shape index (κ2) is 5.38. The SMILES string of the molecule is CCOc1cccc(OC2CC(O)C2OC)c1. The number of methoxy groups -OCH3 is 1. The summed E-state index contributed by atoms with van der Waals surface area (Å²) in [5.41, 5.74) is 0. The Labute approximate surface area is 101 Å². The average molecular weight is 238 g/mol. The third-order valence-electron chi connectivity index (χ3n) is 2.90. The molecule has 0 bridgehead atoms. The minimum Gasteiger partial charge on any atom is -0.494 e. The second-order valence-corrected chi connectivity index (χ2v) is 4.07. The van der Waals surface area contributed by atoms with Crippen molar-refractivity contribution in [3.63, 3.8) is 0 Å². The molecule has 1 aromatic carbocycles. The van der Waals surface area contributed by atoms with E-state index in [2.05, 4.69) is 0 Å². The summed E-state index contributed by atoms with van der Waals surface area (Å²) in [6.45, 7) is 2.57. The lowest BCUT2D eigenvalue weighted by Gasteiger charge is -2.39. The molecule has 0 radical (unpaired) electrons. The van der Waals surface area contributed by atoms with Gasteiger partial charge in [0.15, 0.2) is 0 Å². The van der Waals surface area contributed by atoms with Crippen LogP contribution in [0.25, 0.3) is 0 Å². The highest BCUT2D eigenvalue weighted by atomic mass is 16.6. The highest BCUT2D eigenvalue weighted by Gasteiger charge is 2.42. The van der Waals surface area contributed by atoms with Crippen LogP contribution in [0.4, 0.5) is 0 Å². The fourth-order valence-electron chi connectivity index (χ4n) is 1.96. The van der Waals surface area contributed by atoms with Crippen LogP contribution in [0.1, 0.15) is 13.3 Å². The lowest BCUT2D eigenvalue weighted by Crippen LogP contribution is -2.54. The Bertz CT molecular complexity index is 366. The quantitative estimate of drug-likeness (QED) is 0.846.